The van der Waals surface area contributed by atoms with Crippen LogP contribution in [0.4, 0.5) is 5.69 Å². The molecular formula is C14H19N3O2. The largest absolute Gasteiger partial charge is 0.411 e. The number of nitrogens with zero attached hydrogens (tertiary/aromatic N) is 2. The molecule has 2 aliphatic heterocycles. The van der Waals surface area contributed by atoms with Crippen molar-refractivity contribution in [1.29, 1.82) is 0 Å². The normalized spacial score (nSPS) is 27.3. The first-order chi connectivity index (χ1) is 9.28. The van der Waals surface area contributed by atoms with E-state index in [1.54, 1.807) is 0 Å². The summed E-state index contributed by atoms with van der Waals surface area (Å²) in [4.78, 5) is 2.43. The lowest BCUT2D eigenvalue weighted by Gasteiger charge is -2.46. The topological polar surface area (TPSA) is 71.1 Å². The predicted molar refractivity (Wildman–Crippen MR) is 73.2 cm³/mol. The molecule has 0 aliphatic carbocycles. The summed E-state index contributed by atoms with van der Waals surface area (Å²) in [5.41, 5.74) is 8.90. The standard InChI is InChI=1S/C14H19N3O2/c15-14-4-2-1-3-10(14)7-17-12-5-11(16-18)6-13(17)9-19-8-12/h1-4,12-13,18H,5-9,15H2. The van der Waals surface area contributed by atoms with E-state index >= 15 is 0 Å². The monoisotopic (exact) mass is 261 g/mol. The smallest absolute Gasteiger partial charge is 0.0626 e. The van der Waals surface area contributed by atoms with Crippen molar-refractivity contribution in [2.75, 3.05) is 18.9 Å². The van der Waals surface area contributed by atoms with Crippen molar-refractivity contribution < 1.29 is 9.94 Å². The average molecular weight is 261 g/mol. The number of benzene rings is 1. The van der Waals surface area contributed by atoms with Crippen LogP contribution in [0.15, 0.2) is 29.4 Å². The average Bonchev–Trinajstić information content (AvgIpc) is 2.41. The van der Waals surface area contributed by atoms with E-state index in [-0.39, 0.29) is 12.1 Å². The molecule has 5 nitrogen and oxygen atoms in total. The molecule has 2 aliphatic rings. The summed E-state index contributed by atoms with van der Waals surface area (Å²) in [7, 11) is 0. The molecular weight excluding hydrogens is 242 g/mol. The highest BCUT2D eigenvalue weighted by Gasteiger charge is 2.37. The number of oxime groups is 1. The van der Waals surface area contributed by atoms with E-state index < -0.39 is 0 Å². The number of hydrogen-bond acceptors (Lipinski definition) is 5. The Hall–Kier alpha value is -1.59. The van der Waals surface area contributed by atoms with Crippen LogP contribution in [0.1, 0.15) is 18.4 Å². The first kappa shape index (κ1) is 12.4. The molecule has 2 fully saturated rings. The first-order valence-electron chi connectivity index (χ1n) is 6.64. The van der Waals surface area contributed by atoms with Crippen molar-refractivity contribution in [1.82, 2.24) is 4.90 Å². The van der Waals surface area contributed by atoms with Gasteiger partial charge in [-0.15, -0.1) is 0 Å². The van der Waals surface area contributed by atoms with Crippen molar-refractivity contribution in [3.05, 3.63) is 29.8 Å². The van der Waals surface area contributed by atoms with Crippen LogP contribution in [-0.2, 0) is 11.3 Å². The Balaban J connectivity index is 1.79. The summed E-state index contributed by atoms with van der Waals surface area (Å²) in [5, 5.41) is 12.4. The summed E-state index contributed by atoms with van der Waals surface area (Å²) < 4.78 is 5.62. The first-order valence-corrected chi connectivity index (χ1v) is 6.64. The molecule has 2 unspecified atom stereocenters. The lowest BCUT2D eigenvalue weighted by atomic mass is 9.92. The summed E-state index contributed by atoms with van der Waals surface area (Å²) >= 11 is 0. The summed E-state index contributed by atoms with van der Waals surface area (Å²) in [6.07, 6.45) is 1.56. The van der Waals surface area contributed by atoms with Gasteiger partial charge in [0, 0.05) is 37.2 Å². The summed E-state index contributed by atoms with van der Waals surface area (Å²) in [5.74, 6) is 0. The minimum absolute atomic E-state index is 0.290. The third-order valence-corrected chi connectivity index (χ3v) is 4.05. The molecule has 3 rings (SSSR count). The van der Waals surface area contributed by atoms with Crippen LogP contribution in [0.2, 0.25) is 0 Å². The van der Waals surface area contributed by atoms with Crippen LogP contribution < -0.4 is 5.73 Å². The number of nitrogens with two attached hydrogens (primary N) is 1. The van der Waals surface area contributed by atoms with E-state index in [1.807, 2.05) is 18.2 Å². The molecule has 19 heavy (non-hydrogen) atoms. The number of morpholine rings is 1. The van der Waals surface area contributed by atoms with E-state index in [1.165, 1.54) is 0 Å². The van der Waals surface area contributed by atoms with Crippen molar-refractivity contribution in [3.8, 4) is 0 Å². The molecule has 0 radical (unpaired) electrons. The van der Waals surface area contributed by atoms with Crippen LogP contribution >= 0.6 is 0 Å². The number of piperidine rings is 1. The zero-order valence-electron chi connectivity index (χ0n) is 10.8. The molecule has 2 bridgehead atoms. The maximum Gasteiger partial charge on any atom is 0.0626 e. The number of anilines is 1. The van der Waals surface area contributed by atoms with Crippen LogP contribution in [-0.4, -0.2) is 41.1 Å². The van der Waals surface area contributed by atoms with Gasteiger partial charge in [0.1, 0.15) is 0 Å². The second kappa shape index (κ2) is 5.19. The third-order valence-electron chi connectivity index (χ3n) is 4.05. The molecule has 1 aromatic carbocycles. The Bertz CT molecular complexity index is 473. The maximum atomic E-state index is 8.97. The van der Waals surface area contributed by atoms with Gasteiger partial charge in [0.15, 0.2) is 0 Å². The molecule has 3 N–H and O–H groups in total. The van der Waals surface area contributed by atoms with Gasteiger partial charge in [-0.1, -0.05) is 23.4 Å². The number of ether oxygens (including phenoxy) is 1. The molecule has 0 aromatic heterocycles. The number of para-hydroxylation sites is 1. The highest BCUT2D eigenvalue weighted by atomic mass is 16.5. The van der Waals surface area contributed by atoms with E-state index in [0.717, 1.165) is 36.3 Å². The molecule has 0 saturated carbocycles. The second-order valence-electron chi connectivity index (χ2n) is 5.29. The van der Waals surface area contributed by atoms with Crippen molar-refractivity contribution in [2.24, 2.45) is 5.16 Å². The Morgan fingerprint density at radius 3 is 2.58 bits per heavy atom. The molecule has 102 valence electrons. The Kier molecular flexibility index (Phi) is 3.40. The number of nitrogen functional groups attached to an aromatic ring is 1. The van der Waals surface area contributed by atoms with E-state index in [4.69, 9.17) is 15.7 Å². The number of fused-ring (bicyclic) bond motifs is 2. The fraction of sp³-hybridized carbons (Fsp3) is 0.500. The van der Waals surface area contributed by atoms with Crippen molar-refractivity contribution in [3.63, 3.8) is 0 Å². The van der Waals surface area contributed by atoms with Gasteiger partial charge in [-0.25, -0.2) is 0 Å². The van der Waals surface area contributed by atoms with Gasteiger partial charge in [-0.05, 0) is 11.6 Å². The van der Waals surface area contributed by atoms with E-state index in [2.05, 4.69) is 16.1 Å². The Morgan fingerprint density at radius 1 is 1.26 bits per heavy atom. The molecule has 2 heterocycles. The molecule has 2 saturated heterocycles. The SMILES string of the molecule is Nc1ccccc1CN1C2COCC1CC(=NO)C2. The van der Waals surface area contributed by atoms with Crippen LogP contribution in [0.3, 0.4) is 0 Å². The van der Waals surface area contributed by atoms with Crippen molar-refractivity contribution >= 4 is 11.4 Å². The highest BCUT2D eigenvalue weighted by molar-refractivity contribution is 5.86. The number of hydrogen-bond donors (Lipinski definition) is 2. The zero-order chi connectivity index (χ0) is 13.2. The van der Waals surface area contributed by atoms with Gasteiger partial charge < -0.3 is 15.7 Å². The fourth-order valence-electron chi connectivity index (χ4n) is 3.02. The van der Waals surface area contributed by atoms with Gasteiger partial charge in [0.25, 0.3) is 0 Å². The number of rotatable bonds is 2. The van der Waals surface area contributed by atoms with Crippen LogP contribution in [0, 0.1) is 0 Å². The Morgan fingerprint density at radius 2 is 1.95 bits per heavy atom. The predicted octanol–water partition coefficient (Wildman–Crippen LogP) is 1.46. The quantitative estimate of drug-likeness (QED) is 0.480. The minimum atomic E-state index is 0.290. The molecule has 1 aromatic rings. The third kappa shape index (κ3) is 2.43. The molecule has 0 amide bonds. The highest BCUT2D eigenvalue weighted by Crippen LogP contribution is 2.28. The minimum Gasteiger partial charge on any atom is -0.411 e. The van der Waals surface area contributed by atoms with E-state index in [0.29, 0.717) is 13.2 Å². The summed E-state index contributed by atoms with van der Waals surface area (Å²) in [6, 6.07) is 8.56. The second-order valence-corrected chi connectivity index (χ2v) is 5.29. The fourth-order valence-corrected chi connectivity index (χ4v) is 3.02. The lowest BCUT2D eigenvalue weighted by Crippen LogP contribution is -2.56. The maximum absolute atomic E-state index is 8.97. The van der Waals surface area contributed by atoms with Crippen LogP contribution in [0.25, 0.3) is 0 Å². The zero-order valence-corrected chi connectivity index (χ0v) is 10.8. The molecule has 2 atom stereocenters. The van der Waals surface area contributed by atoms with Crippen molar-refractivity contribution in [2.45, 2.75) is 31.5 Å². The van der Waals surface area contributed by atoms with E-state index in [9.17, 15) is 0 Å². The molecule has 5 heteroatoms. The molecule has 0 spiro atoms. The lowest BCUT2D eigenvalue weighted by molar-refractivity contribution is -0.0574. The van der Waals surface area contributed by atoms with Gasteiger partial charge in [0.2, 0.25) is 0 Å². The summed E-state index contributed by atoms with van der Waals surface area (Å²) in [6.45, 7) is 2.23. The van der Waals surface area contributed by atoms with Gasteiger partial charge in [-0.2, -0.15) is 0 Å². The van der Waals surface area contributed by atoms with Gasteiger partial charge >= 0.3 is 0 Å². The van der Waals surface area contributed by atoms with Gasteiger partial charge in [0.05, 0.1) is 18.9 Å². The van der Waals surface area contributed by atoms with Crippen LogP contribution in [0.5, 0.6) is 0 Å². The van der Waals surface area contributed by atoms with Gasteiger partial charge in [-0.3, -0.25) is 4.90 Å². The Labute approximate surface area is 112 Å².